The van der Waals surface area contributed by atoms with E-state index in [1.54, 1.807) is 0 Å². The minimum atomic E-state index is -4.77. The summed E-state index contributed by atoms with van der Waals surface area (Å²) in [7, 11) is 0. The van der Waals surface area contributed by atoms with Crippen LogP contribution in [-0.4, -0.2) is 19.0 Å². The molecule has 0 radical (unpaired) electrons. The molecule has 0 saturated heterocycles. The SMILES string of the molecule is FC(Cl)(Cl)C(F)(F)OC(Cl)(Cl)C(Cl)(Cl)Cl. The number of ether oxygens (including phenoxy) is 1. The number of hydrogen-bond donors (Lipinski definition) is 0. The summed E-state index contributed by atoms with van der Waals surface area (Å²) in [6, 6.07) is 0. The third kappa shape index (κ3) is 4.51. The minimum absolute atomic E-state index is 2.67. The van der Waals surface area contributed by atoms with Crippen LogP contribution in [0.1, 0.15) is 0 Å². The second-order valence-electron chi connectivity index (χ2n) is 2.13. The molecule has 0 aromatic heterocycles. The van der Waals surface area contributed by atoms with Gasteiger partial charge in [-0.25, -0.2) is 0 Å². The molecule has 0 aliphatic carbocycles. The largest absolute Gasteiger partial charge is 0.421 e. The molecule has 0 rings (SSSR count). The van der Waals surface area contributed by atoms with Crippen molar-refractivity contribution in [2.24, 2.45) is 0 Å². The molecular formula is C4Cl7F3O. The van der Waals surface area contributed by atoms with Crippen LogP contribution in [0.4, 0.5) is 13.2 Å². The Morgan fingerprint density at radius 1 is 0.733 bits per heavy atom. The zero-order valence-corrected chi connectivity index (χ0v) is 11.5. The summed E-state index contributed by atoms with van der Waals surface area (Å²) in [4.78, 5) is 0. The fourth-order valence-electron chi connectivity index (χ4n) is 0.277. The molecule has 0 aliphatic rings. The van der Waals surface area contributed by atoms with Gasteiger partial charge in [0.2, 0.25) is 3.79 Å². The zero-order chi connectivity index (χ0) is 12.7. The predicted octanol–water partition coefficient (Wildman–Crippen LogP) is 5.20. The van der Waals surface area contributed by atoms with E-state index in [2.05, 4.69) is 27.9 Å². The highest BCUT2D eigenvalue weighted by Crippen LogP contribution is 2.52. The van der Waals surface area contributed by atoms with Crippen molar-refractivity contribution in [2.45, 2.75) is 19.0 Å². The van der Waals surface area contributed by atoms with E-state index in [-0.39, 0.29) is 0 Å². The molecule has 11 heteroatoms. The lowest BCUT2D eigenvalue weighted by Gasteiger charge is -2.32. The molecule has 0 aliphatic heterocycles. The van der Waals surface area contributed by atoms with Gasteiger partial charge in [0.15, 0.2) is 0 Å². The molecular weight excluding hydrogens is 369 g/mol. The molecule has 0 aromatic rings. The second-order valence-corrected chi connectivity index (χ2v) is 6.91. The Hall–Kier alpha value is 1.78. The van der Waals surface area contributed by atoms with Gasteiger partial charge in [-0.3, -0.25) is 4.74 Å². The van der Waals surface area contributed by atoms with Gasteiger partial charge in [0.25, 0.3) is 4.52 Å². The van der Waals surface area contributed by atoms with Crippen molar-refractivity contribution in [2.75, 3.05) is 0 Å². The summed E-state index contributed by atoms with van der Waals surface area (Å²) >= 11 is 34.3. The number of halogens is 10. The maximum absolute atomic E-state index is 12.8. The van der Waals surface area contributed by atoms with Crippen LogP contribution in [0.25, 0.3) is 0 Å². The maximum Gasteiger partial charge on any atom is 0.421 e. The van der Waals surface area contributed by atoms with Gasteiger partial charge in [0.05, 0.1) is 0 Å². The summed E-state index contributed by atoms with van der Waals surface area (Å²) in [6.07, 6.45) is -4.77. The average Bonchev–Trinajstić information content (AvgIpc) is 1.77. The molecule has 1 nitrogen and oxygen atoms in total. The summed E-state index contributed by atoms with van der Waals surface area (Å²) < 4.78 is 31.7. The van der Waals surface area contributed by atoms with Crippen LogP contribution in [0, 0.1) is 0 Å². The Labute approximate surface area is 118 Å². The van der Waals surface area contributed by atoms with Crippen molar-refractivity contribution >= 4 is 81.2 Å². The first-order chi connectivity index (χ1) is 6.21. The predicted molar refractivity (Wildman–Crippen MR) is 56.3 cm³/mol. The van der Waals surface area contributed by atoms with Crippen molar-refractivity contribution in [1.29, 1.82) is 0 Å². The maximum atomic E-state index is 12.8. The quantitative estimate of drug-likeness (QED) is 0.622. The molecule has 0 atom stereocenters. The molecule has 0 N–H and O–H groups in total. The highest BCUT2D eigenvalue weighted by atomic mass is 35.6. The Kier molecular flexibility index (Phi) is 5.38. The Morgan fingerprint density at radius 2 is 1.07 bits per heavy atom. The van der Waals surface area contributed by atoms with E-state index in [1.165, 1.54) is 0 Å². The van der Waals surface area contributed by atoms with Crippen LogP contribution < -0.4 is 0 Å². The van der Waals surface area contributed by atoms with Crippen molar-refractivity contribution in [1.82, 2.24) is 0 Å². The minimum Gasteiger partial charge on any atom is -0.274 e. The molecule has 92 valence electrons. The summed E-state index contributed by atoms with van der Waals surface area (Å²) in [6.45, 7) is 0. The van der Waals surface area contributed by atoms with Crippen molar-refractivity contribution < 1.29 is 17.9 Å². The first-order valence-corrected chi connectivity index (χ1v) is 5.44. The van der Waals surface area contributed by atoms with Crippen LogP contribution in [0.3, 0.4) is 0 Å². The van der Waals surface area contributed by atoms with E-state index in [1.807, 2.05) is 0 Å². The average molecular weight is 369 g/mol. The Balaban J connectivity index is 4.89. The molecule has 0 bridgehead atoms. The lowest BCUT2D eigenvalue weighted by molar-refractivity contribution is -0.283. The molecule has 0 fully saturated rings. The van der Waals surface area contributed by atoms with Gasteiger partial charge in [0.1, 0.15) is 0 Å². The molecule has 0 saturated carbocycles. The van der Waals surface area contributed by atoms with Gasteiger partial charge < -0.3 is 0 Å². The van der Waals surface area contributed by atoms with Gasteiger partial charge >= 0.3 is 10.7 Å². The molecule has 0 unspecified atom stereocenters. The smallest absolute Gasteiger partial charge is 0.274 e. The summed E-state index contributed by atoms with van der Waals surface area (Å²) in [5.74, 6) is 0. The van der Waals surface area contributed by atoms with Gasteiger partial charge in [-0.15, -0.1) is 0 Å². The second kappa shape index (κ2) is 4.81. The number of alkyl halides is 10. The summed E-state index contributed by atoms with van der Waals surface area (Å²) in [5.41, 5.74) is 0. The van der Waals surface area contributed by atoms with Gasteiger partial charge in [-0.2, -0.15) is 13.2 Å². The normalized spacial score (nSPS) is 15.6. The lowest BCUT2D eigenvalue weighted by Crippen LogP contribution is -2.47. The number of rotatable bonds is 3. The molecule has 0 aromatic carbocycles. The molecule has 0 amide bonds. The van der Waals surface area contributed by atoms with Crippen molar-refractivity contribution in [3.63, 3.8) is 0 Å². The van der Waals surface area contributed by atoms with Crippen LogP contribution in [0.2, 0.25) is 0 Å². The third-order valence-electron chi connectivity index (χ3n) is 0.916. The van der Waals surface area contributed by atoms with E-state index >= 15 is 0 Å². The lowest BCUT2D eigenvalue weighted by atomic mass is 10.6. The highest BCUT2D eigenvalue weighted by Gasteiger charge is 2.62. The standard InChI is InChI=1S/C4Cl7F3O/c5-1(6,7)3(10,11)15-4(13,14)2(8,9)12. The van der Waals surface area contributed by atoms with E-state index < -0.39 is 19.0 Å². The molecule has 15 heavy (non-hydrogen) atoms. The van der Waals surface area contributed by atoms with Gasteiger partial charge in [-0.1, -0.05) is 81.2 Å². The zero-order valence-electron chi connectivity index (χ0n) is 6.19. The number of hydrogen-bond acceptors (Lipinski definition) is 1. The Bertz CT molecular complexity index is 207. The van der Waals surface area contributed by atoms with E-state index in [4.69, 9.17) is 58.0 Å². The van der Waals surface area contributed by atoms with Crippen LogP contribution >= 0.6 is 81.2 Å². The fraction of sp³-hybridized carbons (Fsp3) is 1.00. The molecule has 0 spiro atoms. The topological polar surface area (TPSA) is 9.23 Å². The Morgan fingerprint density at radius 3 is 1.27 bits per heavy atom. The van der Waals surface area contributed by atoms with Crippen molar-refractivity contribution in [3.05, 3.63) is 0 Å². The third-order valence-corrected chi connectivity index (χ3v) is 3.46. The first-order valence-electron chi connectivity index (χ1n) is 2.80. The van der Waals surface area contributed by atoms with Crippen molar-refractivity contribution in [3.8, 4) is 0 Å². The van der Waals surface area contributed by atoms with Gasteiger partial charge in [-0.05, 0) is 0 Å². The van der Waals surface area contributed by atoms with Crippen LogP contribution in [-0.2, 0) is 4.74 Å². The van der Waals surface area contributed by atoms with E-state index in [0.717, 1.165) is 0 Å². The summed E-state index contributed by atoms with van der Waals surface area (Å²) in [5, 5.41) is 0. The van der Waals surface area contributed by atoms with Crippen LogP contribution in [0.5, 0.6) is 0 Å². The van der Waals surface area contributed by atoms with Gasteiger partial charge in [0, 0.05) is 0 Å². The van der Waals surface area contributed by atoms with E-state index in [0.29, 0.717) is 0 Å². The monoisotopic (exact) mass is 366 g/mol. The fourth-order valence-corrected chi connectivity index (χ4v) is 0.663. The van der Waals surface area contributed by atoms with E-state index in [9.17, 15) is 13.2 Å². The van der Waals surface area contributed by atoms with Crippen LogP contribution in [0.15, 0.2) is 0 Å². The molecule has 0 heterocycles. The first kappa shape index (κ1) is 16.8. The highest BCUT2D eigenvalue weighted by molar-refractivity contribution is 6.75.